The summed E-state index contributed by atoms with van der Waals surface area (Å²) in [6, 6.07) is 12.9. The van der Waals surface area contributed by atoms with Gasteiger partial charge >= 0.3 is 0 Å². The molecule has 0 bridgehead atoms. The molecule has 0 saturated carbocycles. The van der Waals surface area contributed by atoms with Crippen molar-refractivity contribution in [1.29, 1.82) is 0 Å². The van der Waals surface area contributed by atoms with Gasteiger partial charge in [-0.1, -0.05) is 6.07 Å². The lowest BCUT2D eigenvalue weighted by molar-refractivity contribution is 0.258. The van der Waals surface area contributed by atoms with Crippen LogP contribution >= 0.6 is 0 Å². The molecule has 3 aromatic rings. The van der Waals surface area contributed by atoms with E-state index in [1.807, 2.05) is 18.2 Å². The molecule has 0 amide bonds. The van der Waals surface area contributed by atoms with E-state index >= 15 is 0 Å². The second kappa shape index (κ2) is 8.81. The minimum atomic E-state index is 0.412. The first kappa shape index (κ1) is 21.5. The van der Waals surface area contributed by atoms with Gasteiger partial charge in [0, 0.05) is 67.4 Å². The lowest BCUT2D eigenvalue weighted by Gasteiger charge is -2.25. The number of aryl methyl sites for hydroxylation is 1. The molecule has 1 saturated heterocycles. The van der Waals surface area contributed by atoms with Gasteiger partial charge in [-0.25, -0.2) is 0 Å². The number of likely N-dealkylation sites (N-methyl/N-ethyl adjacent to an activating group) is 1. The van der Waals surface area contributed by atoms with E-state index in [1.165, 1.54) is 22.0 Å². The minimum Gasteiger partial charge on any atom is -0.497 e. The molecule has 1 aliphatic heterocycles. The average Bonchev–Trinajstić information content (AvgIpc) is 3.34. The van der Waals surface area contributed by atoms with Crippen LogP contribution in [0.15, 0.2) is 42.6 Å². The number of hydrogen-bond donors (Lipinski definition) is 0. The monoisotopic (exact) mass is 423 g/mol. The Bertz CT molecular complexity index is 1060. The number of rotatable bonds is 7. The van der Waals surface area contributed by atoms with Crippen LogP contribution in [0.4, 0.5) is 0 Å². The van der Waals surface area contributed by atoms with E-state index in [4.69, 9.17) is 14.2 Å². The smallest absolute Gasteiger partial charge is 0.127 e. The van der Waals surface area contributed by atoms with Crippen molar-refractivity contribution < 1.29 is 14.2 Å². The first-order valence-electron chi connectivity index (χ1n) is 10.7. The van der Waals surface area contributed by atoms with Crippen LogP contribution in [0.5, 0.6) is 17.2 Å². The van der Waals surface area contributed by atoms with Crippen LogP contribution in [0.25, 0.3) is 10.9 Å². The van der Waals surface area contributed by atoms with Gasteiger partial charge in [-0.15, -0.1) is 0 Å². The second-order valence-corrected chi connectivity index (χ2v) is 8.59. The lowest BCUT2D eigenvalue weighted by Crippen LogP contribution is -2.34. The van der Waals surface area contributed by atoms with Crippen molar-refractivity contribution in [3.63, 3.8) is 0 Å². The molecule has 0 N–H and O–H groups in total. The second-order valence-electron chi connectivity index (χ2n) is 8.59. The van der Waals surface area contributed by atoms with Gasteiger partial charge in [0.1, 0.15) is 17.2 Å². The largest absolute Gasteiger partial charge is 0.497 e. The van der Waals surface area contributed by atoms with Crippen molar-refractivity contribution in [1.82, 2.24) is 14.4 Å². The standard InChI is InChI=1S/C25H33N3O3/c1-26(2)24-16-28(13-17-7-8-19(30-5)12-25(17)31-6)15-22(24)21-14-27(3)23-10-9-18(29-4)11-20(21)23/h7-12,14,22,24H,13,15-16H2,1-6H3/t22-,24+/m0/s1. The number of nitrogens with zero attached hydrogens (tertiary/aromatic N) is 3. The Morgan fingerprint density at radius 3 is 2.32 bits per heavy atom. The molecule has 31 heavy (non-hydrogen) atoms. The zero-order chi connectivity index (χ0) is 22.1. The first-order chi connectivity index (χ1) is 14.9. The third-order valence-electron chi connectivity index (χ3n) is 6.54. The topological polar surface area (TPSA) is 39.1 Å². The molecule has 2 heterocycles. The zero-order valence-corrected chi connectivity index (χ0v) is 19.4. The van der Waals surface area contributed by atoms with Crippen LogP contribution in [0, 0.1) is 0 Å². The maximum atomic E-state index is 5.64. The van der Waals surface area contributed by atoms with Crippen molar-refractivity contribution in [2.24, 2.45) is 7.05 Å². The van der Waals surface area contributed by atoms with Gasteiger partial charge in [0.05, 0.1) is 21.3 Å². The Morgan fingerprint density at radius 1 is 0.935 bits per heavy atom. The third kappa shape index (κ3) is 4.10. The van der Waals surface area contributed by atoms with Gasteiger partial charge in [0.15, 0.2) is 0 Å². The summed E-state index contributed by atoms with van der Waals surface area (Å²) in [5, 5.41) is 1.28. The maximum absolute atomic E-state index is 5.64. The lowest BCUT2D eigenvalue weighted by atomic mass is 9.93. The van der Waals surface area contributed by atoms with Crippen LogP contribution in [-0.2, 0) is 13.6 Å². The third-order valence-corrected chi connectivity index (χ3v) is 6.54. The van der Waals surface area contributed by atoms with E-state index in [2.05, 4.69) is 59.9 Å². The Labute approximate surface area is 184 Å². The summed E-state index contributed by atoms with van der Waals surface area (Å²) >= 11 is 0. The Balaban J connectivity index is 1.65. The SMILES string of the molecule is COc1ccc(CN2C[C@@H](N(C)C)[C@H](c3cn(C)c4ccc(OC)cc34)C2)c(OC)c1. The molecule has 166 valence electrons. The van der Waals surface area contributed by atoms with Gasteiger partial charge in [0.25, 0.3) is 0 Å². The summed E-state index contributed by atoms with van der Waals surface area (Å²) in [5.41, 5.74) is 3.81. The van der Waals surface area contributed by atoms with Crippen molar-refractivity contribution in [2.45, 2.75) is 18.5 Å². The molecule has 1 aromatic heterocycles. The van der Waals surface area contributed by atoms with Crippen molar-refractivity contribution in [3.8, 4) is 17.2 Å². The van der Waals surface area contributed by atoms with Gasteiger partial charge in [-0.2, -0.15) is 0 Å². The van der Waals surface area contributed by atoms with Gasteiger partial charge in [0.2, 0.25) is 0 Å². The number of aromatic nitrogens is 1. The van der Waals surface area contributed by atoms with E-state index in [-0.39, 0.29) is 0 Å². The molecule has 1 aliphatic rings. The number of fused-ring (bicyclic) bond motifs is 1. The Morgan fingerprint density at radius 2 is 1.65 bits per heavy atom. The molecule has 6 heteroatoms. The van der Waals surface area contributed by atoms with Gasteiger partial charge < -0.3 is 23.7 Å². The quantitative estimate of drug-likeness (QED) is 0.579. The molecule has 6 nitrogen and oxygen atoms in total. The molecule has 0 spiro atoms. The molecule has 0 radical (unpaired) electrons. The highest BCUT2D eigenvalue weighted by molar-refractivity contribution is 5.86. The summed E-state index contributed by atoms with van der Waals surface area (Å²) in [6.07, 6.45) is 2.29. The number of hydrogen-bond acceptors (Lipinski definition) is 5. The summed E-state index contributed by atoms with van der Waals surface area (Å²) in [6.45, 7) is 2.85. The zero-order valence-electron chi connectivity index (χ0n) is 19.4. The van der Waals surface area contributed by atoms with Crippen molar-refractivity contribution in [3.05, 3.63) is 53.7 Å². The van der Waals surface area contributed by atoms with Crippen LogP contribution < -0.4 is 14.2 Å². The van der Waals surface area contributed by atoms with Crippen LogP contribution in [0.1, 0.15) is 17.0 Å². The molecule has 2 atom stereocenters. The Hall–Kier alpha value is -2.70. The van der Waals surface area contributed by atoms with Crippen LogP contribution in [0.2, 0.25) is 0 Å². The average molecular weight is 424 g/mol. The molecule has 0 aliphatic carbocycles. The van der Waals surface area contributed by atoms with Gasteiger partial charge in [-0.05, 0) is 43.9 Å². The predicted molar refractivity (Wildman–Crippen MR) is 125 cm³/mol. The highest BCUT2D eigenvalue weighted by atomic mass is 16.5. The highest BCUT2D eigenvalue weighted by Gasteiger charge is 2.37. The van der Waals surface area contributed by atoms with Crippen molar-refractivity contribution in [2.75, 3.05) is 48.5 Å². The number of likely N-dealkylation sites (tertiary alicyclic amines) is 1. The number of benzene rings is 2. The first-order valence-corrected chi connectivity index (χ1v) is 10.7. The van der Waals surface area contributed by atoms with E-state index < -0.39 is 0 Å². The maximum Gasteiger partial charge on any atom is 0.127 e. The Kier molecular flexibility index (Phi) is 6.12. The normalized spacial score (nSPS) is 19.3. The fourth-order valence-electron chi connectivity index (χ4n) is 4.87. The molecule has 1 fully saturated rings. The predicted octanol–water partition coefficient (Wildman–Crippen LogP) is 3.73. The van der Waals surface area contributed by atoms with Crippen molar-refractivity contribution >= 4 is 10.9 Å². The molecular formula is C25H33N3O3. The van der Waals surface area contributed by atoms with Crippen LogP contribution in [0.3, 0.4) is 0 Å². The minimum absolute atomic E-state index is 0.412. The molecule has 4 rings (SSSR count). The molecule has 2 aromatic carbocycles. The fourth-order valence-corrected chi connectivity index (χ4v) is 4.87. The van der Waals surface area contributed by atoms with E-state index in [0.717, 1.165) is 36.9 Å². The molecule has 0 unspecified atom stereocenters. The highest BCUT2D eigenvalue weighted by Crippen LogP contribution is 2.38. The summed E-state index contributed by atoms with van der Waals surface area (Å²) in [4.78, 5) is 4.88. The summed E-state index contributed by atoms with van der Waals surface area (Å²) in [7, 11) is 11.6. The number of ether oxygens (including phenoxy) is 3. The fraction of sp³-hybridized carbons (Fsp3) is 0.440. The summed E-state index contributed by atoms with van der Waals surface area (Å²) in [5.74, 6) is 3.00. The van der Waals surface area contributed by atoms with Gasteiger partial charge in [-0.3, -0.25) is 4.90 Å². The van der Waals surface area contributed by atoms with E-state index in [9.17, 15) is 0 Å². The van der Waals surface area contributed by atoms with E-state index in [1.54, 1.807) is 21.3 Å². The van der Waals surface area contributed by atoms with E-state index in [0.29, 0.717) is 12.0 Å². The number of methoxy groups -OCH3 is 3. The molecular weight excluding hydrogens is 390 g/mol. The summed E-state index contributed by atoms with van der Waals surface area (Å²) < 4.78 is 18.7. The van der Waals surface area contributed by atoms with Crippen LogP contribution in [-0.4, -0.2) is 68.9 Å².